The fourth-order valence-corrected chi connectivity index (χ4v) is 2.90. The molecule has 1 atom stereocenters. The number of anilines is 2. The lowest BCUT2D eigenvalue weighted by Crippen LogP contribution is -2.30. The predicted molar refractivity (Wildman–Crippen MR) is 89.1 cm³/mol. The lowest BCUT2D eigenvalue weighted by atomic mass is 10.1. The molecule has 1 N–H and O–H groups in total. The van der Waals surface area contributed by atoms with Crippen LogP contribution >= 0.6 is 0 Å². The van der Waals surface area contributed by atoms with E-state index < -0.39 is 0 Å². The minimum Gasteiger partial charge on any atom is -0.367 e. The van der Waals surface area contributed by atoms with Gasteiger partial charge in [0.1, 0.15) is 18.0 Å². The maximum Gasteiger partial charge on any atom is 0.134 e. The van der Waals surface area contributed by atoms with Gasteiger partial charge in [0.2, 0.25) is 0 Å². The third-order valence-electron chi connectivity index (χ3n) is 4.02. The minimum atomic E-state index is 0.312. The molecule has 0 radical (unpaired) electrons. The summed E-state index contributed by atoms with van der Waals surface area (Å²) in [6.45, 7) is 4.37. The van der Waals surface area contributed by atoms with Crippen LogP contribution in [0.2, 0.25) is 0 Å². The largest absolute Gasteiger partial charge is 0.367 e. The summed E-state index contributed by atoms with van der Waals surface area (Å²) in [6, 6.07) is 6.48. The van der Waals surface area contributed by atoms with Crippen molar-refractivity contribution in [2.45, 2.75) is 38.6 Å². The van der Waals surface area contributed by atoms with Crippen molar-refractivity contribution < 1.29 is 0 Å². The van der Waals surface area contributed by atoms with Crippen LogP contribution in [0.3, 0.4) is 0 Å². The zero-order chi connectivity index (χ0) is 15.2. The Bertz CT molecular complexity index is 581. The summed E-state index contributed by atoms with van der Waals surface area (Å²) >= 11 is 0. The Kier molecular flexibility index (Phi) is 4.83. The lowest BCUT2D eigenvalue weighted by molar-refractivity contribution is 0.573. The van der Waals surface area contributed by atoms with E-state index in [2.05, 4.69) is 50.3 Å². The second-order valence-electron chi connectivity index (χ2n) is 5.91. The fourth-order valence-electron chi connectivity index (χ4n) is 2.90. The number of nitrogens with zero attached hydrogens (tertiary/aromatic N) is 4. The Labute approximate surface area is 131 Å². The molecule has 0 amide bonds. The van der Waals surface area contributed by atoms with Gasteiger partial charge in [-0.1, -0.05) is 0 Å². The van der Waals surface area contributed by atoms with Gasteiger partial charge in [-0.3, -0.25) is 4.98 Å². The van der Waals surface area contributed by atoms with Gasteiger partial charge in [-0.05, 0) is 50.3 Å². The van der Waals surface area contributed by atoms with Crippen LogP contribution in [0.4, 0.5) is 11.6 Å². The third-order valence-corrected chi connectivity index (χ3v) is 4.02. The Morgan fingerprint density at radius 2 is 1.91 bits per heavy atom. The van der Waals surface area contributed by atoms with E-state index in [0.29, 0.717) is 6.04 Å². The molecule has 0 aliphatic carbocycles. The number of pyridine rings is 1. The van der Waals surface area contributed by atoms with Gasteiger partial charge >= 0.3 is 0 Å². The van der Waals surface area contributed by atoms with Gasteiger partial charge in [0.15, 0.2) is 0 Å². The van der Waals surface area contributed by atoms with Gasteiger partial charge in [0.25, 0.3) is 0 Å². The van der Waals surface area contributed by atoms with E-state index in [1.165, 1.54) is 24.8 Å². The van der Waals surface area contributed by atoms with Crippen LogP contribution in [0, 0.1) is 0 Å². The molecule has 0 saturated carbocycles. The first-order valence-electron chi connectivity index (χ1n) is 8.04. The molecular weight excluding hydrogens is 274 g/mol. The molecule has 0 bridgehead atoms. The zero-order valence-electron chi connectivity index (χ0n) is 13.1. The molecule has 3 rings (SSSR count). The third kappa shape index (κ3) is 3.93. The molecule has 2 aromatic heterocycles. The highest BCUT2D eigenvalue weighted by Gasteiger charge is 2.13. The van der Waals surface area contributed by atoms with Gasteiger partial charge in [0, 0.05) is 37.6 Å². The topological polar surface area (TPSA) is 53.9 Å². The average molecular weight is 297 g/mol. The molecule has 0 unspecified atom stereocenters. The Morgan fingerprint density at radius 1 is 1.14 bits per heavy atom. The van der Waals surface area contributed by atoms with Crippen LogP contribution in [-0.2, 0) is 6.42 Å². The highest BCUT2D eigenvalue weighted by molar-refractivity contribution is 5.49. The molecule has 2 aromatic rings. The molecule has 3 heterocycles. The SMILES string of the molecule is C[C@H](Cc1ccncc1)Nc1cc(N2CCCCC2)ncn1. The summed E-state index contributed by atoms with van der Waals surface area (Å²) in [5.74, 6) is 1.94. The van der Waals surface area contributed by atoms with Crippen molar-refractivity contribution in [3.63, 3.8) is 0 Å². The van der Waals surface area contributed by atoms with Crippen molar-refractivity contribution in [2.75, 3.05) is 23.3 Å². The average Bonchev–Trinajstić information content (AvgIpc) is 2.57. The molecular formula is C17H23N5. The van der Waals surface area contributed by atoms with Crippen molar-refractivity contribution >= 4 is 11.6 Å². The van der Waals surface area contributed by atoms with Gasteiger partial charge in [0.05, 0.1) is 0 Å². The number of hydrogen-bond donors (Lipinski definition) is 1. The van der Waals surface area contributed by atoms with Gasteiger partial charge in [-0.2, -0.15) is 0 Å². The summed E-state index contributed by atoms with van der Waals surface area (Å²) in [6.07, 6.45) is 10.1. The highest BCUT2D eigenvalue weighted by atomic mass is 15.2. The molecule has 22 heavy (non-hydrogen) atoms. The van der Waals surface area contributed by atoms with E-state index >= 15 is 0 Å². The maximum atomic E-state index is 4.42. The summed E-state index contributed by atoms with van der Waals surface area (Å²) in [4.78, 5) is 15.2. The van der Waals surface area contributed by atoms with Crippen LogP contribution in [0.15, 0.2) is 36.9 Å². The van der Waals surface area contributed by atoms with E-state index in [1.807, 2.05) is 12.4 Å². The van der Waals surface area contributed by atoms with Gasteiger partial charge < -0.3 is 10.2 Å². The molecule has 1 aliphatic rings. The number of rotatable bonds is 5. The Balaban J connectivity index is 1.62. The van der Waals surface area contributed by atoms with E-state index in [0.717, 1.165) is 31.1 Å². The van der Waals surface area contributed by atoms with Crippen molar-refractivity contribution in [2.24, 2.45) is 0 Å². The molecule has 1 fully saturated rings. The number of piperidine rings is 1. The second kappa shape index (κ2) is 7.20. The van der Waals surface area contributed by atoms with Crippen molar-refractivity contribution in [3.05, 3.63) is 42.5 Å². The molecule has 0 spiro atoms. The number of nitrogens with one attached hydrogen (secondary N) is 1. The molecule has 0 aromatic carbocycles. The van der Waals surface area contributed by atoms with E-state index in [1.54, 1.807) is 6.33 Å². The van der Waals surface area contributed by atoms with Crippen LogP contribution in [0.1, 0.15) is 31.7 Å². The van der Waals surface area contributed by atoms with Gasteiger partial charge in [-0.15, -0.1) is 0 Å². The normalized spacial score (nSPS) is 16.3. The monoisotopic (exact) mass is 297 g/mol. The van der Waals surface area contributed by atoms with Gasteiger partial charge in [-0.25, -0.2) is 9.97 Å². The number of hydrogen-bond acceptors (Lipinski definition) is 5. The smallest absolute Gasteiger partial charge is 0.134 e. The van der Waals surface area contributed by atoms with Crippen molar-refractivity contribution in [1.82, 2.24) is 15.0 Å². The summed E-state index contributed by atoms with van der Waals surface area (Å²) in [7, 11) is 0. The van der Waals surface area contributed by atoms with E-state index in [9.17, 15) is 0 Å². The van der Waals surface area contributed by atoms with E-state index in [4.69, 9.17) is 0 Å². The van der Waals surface area contributed by atoms with Crippen LogP contribution < -0.4 is 10.2 Å². The lowest BCUT2D eigenvalue weighted by Gasteiger charge is -2.28. The quantitative estimate of drug-likeness (QED) is 0.919. The Hall–Kier alpha value is -2.17. The fraction of sp³-hybridized carbons (Fsp3) is 0.471. The molecule has 5 heteroatoms. The van der Waals surface area contributed by atoms with E-state index in [-0.39, 0.29) is 0 Å². The first-order valence-corrected chi connectivity index (χ1v) is 8.04. The maximum absolute atomic E-state index is 4.42. The second-order valence-corrected chi connectivity index (χ2v) is 5.91. The van der Waals surface area contributed by atoms with Crippen LogP contribution in [-0.4, -0.2) is 34.1 Å². The standard InChI is InChI=1S/C17H23N5/c1-14(11-15-5-7-18-8-6-15)21-16-12-17(20-13-19-16)22-9-3-2-4-10-22/h5-8,12-14H,2-4,9-11H2,1H3,(H,19,20,21)/t14-/m1/s1. The van der Waals surface area contributed by atoms with Crippen molar-refractivity contribution in [3.8, 4) is 0 Å². The van der Waals surface area contributed by atoms with Crippen LogP contribution in [0.25, 0.3) is 0 Å². The zero-order valence-corrected chi connectivity index (χ0v) is 13.1. The first-order chi connectivity index (χ1) is 10.8. The minimum absolute atomic E-state index is 0.312. The first kappa shape index (κ1) is 14.8. The summed E-state index contributed by atoms with van der Waals surface area (Å²) < 4.78 is 0. The predicted octanol–water partition coefficient (Wildman–Crippen LogP) is 2.91. The van der Waals surface area contributed by atoms with Crippen LogP contribution in [0.5, 0.6) is 0 Å². The Morgan fingerprint density at radius 3 is 2.68 bits per heavy atom. The summed E-state index contributed by atoms with van der Waals surface area (Å²) in [5, 5.41) is 3.47. The van der Waals surface area contributed by atoms with Crippen molar-refractivity contribution in [1.29, 1.82) is 0 Å². The highest BCUT2D eigenvalue weighted by Crippen LogP contribution is 2.19. The summed E-state index contributed by atoms with van der Waals surface area (Å²) in [5.41, 5.74) is 1.28. The number of aromatic nitrogens is 3. The molecule has 1 saturated heterocycles. The molecule has 5 nitrogen and oxygen atoms in total. The molecule has 116 valence electrons. The molecule has 1 aliphatic heterocycles.